The molecule has 1 aliphatic carbocycles. The molecule has 0 saturated carbocycles. The predicted octanol–water partition coefficient (Wildman–Crippen LogP) is 2.93. The number of carbonyl (C=O) groups excluding carboxylic acids is 1. The Bertz CT molecular complexity index is 1230. The summed E-state index contributed by atoms with van der Waals surface area (Å²) in [5.74, 6) is 2.49. The molecule has 1 aliphatic heterocycles. The molecule has 178 valence electrons. The highest BCUT2D eigenvalue weighted by molar-refractivity contribution is 5.96. The van der Waals surface area contributed by atoms with E-state index in [1.165, 1.54) is 12.3 Å². The van der Waals surface area contributed by atoms with E-state index in [0.717, 1.165) is 67.1 Å². The Hall–Kier alpha value is -3.69. The van der Waals surface area contributed by atoms with Crippen LogP contribution in [0.2, 0.25) is 0 Å². The number of aryl methyl sites for hydroxylation is 1. The van der Waals surface area contributed by atoms with E-state index < -0.39 is 0 Å². The van der Waals surface area contributed by atoms with Crippen LogP contribution in [0.25, 0.3) is 0 Å². The topological polar surface area (TPSA) is 132 Å². The molecule has 4 heterocycles. The van der Waals surface area contributed by atoms with Gasteiger partial charge in [0.25, 0.3) is 0 Å². The van der Waals surface area contributed by atoms with Crippen LogP contribution >= 0.6 is 0 Å². The van der Waals surface area contributed by atoms with Crippen LogP contribution in [0.4, 0.5) is 23.3 Å². The summed E-state index contributed by atoms with van der Waals surface area (Å²) in [5.41, 5.74) is 3.61. The number of pyridine rings is 1. The second-order valence-electron chi connectivity index (χ2n) is 9.43. The highest BCUT2D eigenvalue weighted by Gasteiger charge is 2.34. The van der Waals surface area contributed by atoms with Gasteiger partial charge in [-0.25, -0.2) is 4.98 Å². The van der Waals surface area contributed by atoms with E-state index in [2.05, 4.69) is 39.7 Å². The van der Waals surface area contributed by atoms with Gasteiger partial charge in [0.15, 0.2) is 5.82 Å². The quantitative estimate of drug-likeness (QED) is 0.424. The summed E-state index contributed by atoms with van der Waals surface area (Å²) in [6.45, 7) is 5.07. The Labute approximate surface area is 197 Å². The Balaban J connectivity index is 1.38. The van der Waals surface area contributed by atoms with Gasteiger partial charge in [-0.15, -0.1) is 0 Å². The maximum absolute atomic E-state index is 13.1. The van der Waals surface area contributed by atoms with E-state index in [-0.39, 0.29) is 17.5 Å². The van der Waals surface area contributed by atoms with E-state index in [1.54, 1.807) is 6.07 Å². The fraction of sp³-hybridized carbons (Fsp3) is 0.458. The van der Waals surface area contributed by atoms with Crippen molar-refractivity contribution in [2.24, 2.45) is 5.92 Å². The van der Waals surface area contributed by atoms with E-state index >= 15 is 0 Å². The fourth-order valence-electron chi connectivity index (χ4n) is 4.74. The molecule has 1 amide bonds. The molecule has 1 atom stereocenters. The Morgan fingerprint density at radius 3 is 2.91 bits per heavy atom. The van der Waals surface area contributed by atoms with E-state index in [9.17, 15) is 9.59 Å². The molecule has 10 heteroatoms. The van der Waals surface area contributed by atoms with Crippen molar-refractivity contribution < 1.29 is 4.79 Å². The highest BCUT2D eigenvalue weighted by atomic mass is 16.2. The van der Waals surface area contributed by atoms with Gasteiger partial charge in [-0.2, -0.15) is 10.1 Å². The molecule has 3 aromatic rings. The van der Waals surface area contributed by atoms with Crippen LogP contribution in [0.3, 0.4) is 0 Å². The number of nitrogens with one attached hydrogen (secondary N) is 4. The maximum Gasteiger partial charge on any atom is 0.248 e. The number of rotatable bonds is 7. The third kappa shape index (κ3) is 4.66. The molecule has 5 rings (SSSR count). The van der Waals surface area contributed by atoms with Gasteiger partial charge >= 0.3 is 0 Å². The Morgan fingerprint density at radius 1 is 1.24 bits per heavy atom. The van der Waals surface area contributed by atoms with E-state index in [0.29, 0.717) is 24.1 Å². The third-order valence-corrected chi connectivity index (χ3v) is 6.29. The molecule has 2 aliphatic rings. The van der Waals surface area contributed by atoms with Gasteiger partial charge in [-0.1, -0.05) is 13.8 Å². The lowest BCUT2D eigenvalue weighted by atomic mass is 10.1. The van der Waals surface area contributed by atoms with Crippen molar-refractivity contribution in [3.05, 3.63) is 51.7 Å². The molecule has 34 heavy (non-hydrogen) atoms. The molecule has 0 radical (unpaired) electrons. The predicted molar refractivity (Wildman–Crippen MR) is 131 cm³/mol. The number of aromatic nitrogens is 5. The van der Waals surface area contributed by atoms with Crippen molar-refractivity contribution in [3.63, 3.8) is 0 Å². The van der Waals surface area contributed by atoms with E-state index in [1.807, 2.05) is 11.0 Å². The number of nitrogens with zero attached hydrogens (tertiary/aromatic N) is 4. The average Bonchev–Trinajstić information content (AvgIpc) is 3.55. The summed E-state index contributed by atoms with van der Waals surface area (Å²) in [6, 6.07) is 4.65. The summed E-state index contributed by atoms with van der Waals surface area (Å²) in [6.07, 6.45) is 6.91. The molecule has 0 spiro atoms. The number of aromatic amines is 2. The summed E-state index contributed by atoms with van der Waals surface area (Å²) in [7, 11) is 0. The molecule has 4 N–H and O–H groups in total. The number of anilines is 4. The van der Waals surface area contributed by atoms with Gasteiger partial charge in [0.1, 0.15) is 11.9 Å². The smallest absolute Gasteiger partial charge is 0.248 e. The van der Waals surface area contributed by atoms with Crippen LogP contribution in [0.1, 0.15) is 50.1 Å². The number of hydrogen-bond donors (Lipinski definition) is 4. The number of fused-ring (bicyclic) bond motifs is 1. The first-order valence-corrected chi connectivity index (χ1v) is 11.9. The standard InChI is InChI=1S/C24H30N8O2/c1-14(2)11-16-12-20(31-30-16)28-22-17-5-3-6-18(17)27-24(29-22)32-10-4-7-19(32)23(34)26-15-8-9-21(33)25-13-15/h8-9,12-14,19H,3-7,10-11H2,1-2H3,(H,25,33)(H,26,34)(H2,27,28,29,30,31)/t19-/m1/s1. The van der Waals surface area contributed by atoms with Crippen LogP contribution in [-0.4, -0.2) is 43.6 Å². The zero-order valence-electron chi connectivity index (χ0n) is 19.5. The first kappa shape index (κ1) is 22.1. The summed E-state index contributed by atoms with van der Waals surface area (Å²) < 4.78 is 0. The number of H-pyrrole nitrogens is 2. The normalized spacial score (nSPS) is 17.3. The number of amides is 1. The van der Waals surface area contributed by atoms with Crippen LogP contribution < -0.4 is 21.1 Å². The SMILES string of the molecule is CC(C)Cc1cc(Nc2nc(N3CCC[C@@H]3C(=O)Nc3ccc(=O)[nH]c3)nc3c2CCC3)n[nH]1. The van der Waals surface area contributed by atoms with Gasteiger partial charge in [0.05, 0.1) is 11.4 Å². The van der Waals surface area contributed by atoms with Crippen molar-refractivity contribution in [1.82, 2.24) is 25.1 Å². The fourth-order valence-corrected chi connectivity index (χ4v) is 4.74. The Morgan fingerprint density at radius 2 is 2.12 bits per heavy atom. The minimum absolute atomic E-state index is 0.131. The van der Waals surface area contributed by atoms with Crippen LogP contribution in [-0.2, 0) is 24.1 Å². The van der Waals surface area contributed by atoms with E-state index in [4.69, 9.17) is 9.97 Å². The zero-order valence-corrected chi connectivity index (χ0v) is 19.5. The van der Waals surface area contributed by atoms with Crippen LogP contribution in [0.5, 0.6) is 0 Å². The van der Waals surface area contributed by atoms with Gasteiger partial charge in [-0.05, 0) is 50.5 Å². The lowest BCUT2D eigenvalue weighted by Crippen LogP contribution is -2.40. The molecular formula is C24H30N8O2. The summed E-state index contributed by atoms with van der Waals surface area (Å²) in [5, 5.41) is 13.8. The van der Waals surface area contributed by atoms with Crippen molar-refractivity contribution in [2.45, 2.75) is 58.4 Å². The molecule has 1 saturated heterocycles. The molecule has 0 aromatic carbocycles. The zero-order chi connectivity index (χ0) is 23.7. The summed E-state index contributed by atoms with van der Waals surface area (Å²) >= 11 is 0. The molecule has 3 aromatic heterocycles. The Kier molecular flexibility index (Phi) is 6.04. The maximum atomic E-state index is 13.1. The lowest BCUT2D eigenvalue weighted by molar-refractivity contribution is -0.117. The molecular weight excluding hydrogens is 432 g/mol. The minimum Gasteiger partial charge on any atom is -0.329 e. The number of carbonyl (C=O) groups is 1. The second kappa shape index (κ2) is 9.28. The highest BCUT2D eigenvalue weighted by Crippen LogP contribution is 2.32. The van der Waals surface area contributed by atoms with Gasteiger partial charge in [0, 0.05) is 36.1 Å². The molecule has 0 bridgehead atoms. The third-order valence-electron chi connectivity index (χ3n) is 6.29. The van der Waals surface area contributed by atoms with Gasteiger partial charge < -0.3 is 20.5 Å². The molecule has 0 unspecified atom stereocenters. The monoisotopic (exact) mass is 462 g/mol. The van der Waals surface area contributed by atoms with Crippen LogP contribution in [0, 0.1) is 5.92 Å². The first-order valence-electron chi connectivity index (χ1n) is 11.9. The van der Waals surface area contributed by atoms with Crippen LogP contribution in [0.15, 0.2) is 29.2 Å². The average molecular weight is 463 g/mol. The van der Waals surface area contributed by atoms with Crippen molar-refractivity contribution in [1.29, 1.82) is 0 Å². The van der Waals surface area contributed by atoms with Crippen molar-refractivity contribution in [2.75, 3.05) is 22.1 Å². The summed E-state index contributed by atoms with van der Waals surface area (Å²) in [4.78, 5) is 38.6. The van der Waals surface area contributed by atoms with Crippen molar-refractivity contribution in [3.8, 4) is 0 Å². The minimum atomic E-state index is -0.373. The molecule has 1 fully saturated rings. The first-order chi connectivity index (χ1) is 16.5. The second-order valence-corrected chi connectivity index (χ2v) is 9.43. The molecule has 10 nitrogen and oxygen atoms in total. The largest absolute Gasteiger partial charge is 0.329 e. The number of hydrogen-bond acceptors (Lipinski definition) is 7. The van der Waals surface area contributed by atoms with Crippen molar-refractivity contribution >= 4 is 29.2 Å². The lowest BCUT2D eigenvalue weighted by Gasteiger charge is -2.25. The van der Waals surface area contributed by atoms with Gasteiger partial charge in [0.2, 0.25) is 17.4 Å². The van der Waals surface area contributed by atoms with Gasteiger partial charge in [-0.3, -0.25) is 14.7 Å².